The molecule has 35 heavy (non-hydrogen) atoms. The number of hydroxylamine groups is 1. The van der Waals surface area contributed by atoms with E-state index in [0.29, 0.717) is 13.2 Å². The molecule has 3 atom stereocenters. The third kappa shape index (κ3) is 14.4. The molecule has 0 spiro atoms. The number of rotatable bonds is 17. The Morgan fingerprint density at radius 3 is 2.09 bits per heavy atom. The van der Waals surface area contributed by atoms with Gasteiger partial charge in [-0.2, -0.15) is 0 Å². The van der Waals surface area contributed by atoms with Crippen LogP contribution >= 0.6 is 0 Å². The molecule has 0 bridgehead atoms. The molecule has 0 aliphatic rings. The van der Waals surface area contributed by atoms with Gasteiger partial charge < -0.3 is 25.4 Å². The number of carbonyl (C=O) groups is 3. The minimum Gasteiger partial charge on any atom is -0.382 e. The monoisotopic (exact) mass is 524 g/mol. The second kappa shape index (κ2) is 16.0. The van der Waals surface area contributed by atoms with Gasteiger partial charge in [0.05, 0.1) is 37.5 Å². The summed E-state index contributed by atoms with van der Waals surface area (Å²) in [4.78, 5) is 38.7. The minimum absolute atomic E-state index is 0.000753. The molecule has 5 N–H and O–H groups in total. The second-order valence-electron chi connectivity index (χ2n) is 10.0. The first-order valence-electron chi connectivity index (χ1n) is 11.6. The van der Waals surface area contributed by atoms with Crippen LogP contribution in [0.15, 0.2) is 0 Å². The third-order valence-electron chi connectivity index (χ3n) is 5.12. The fraction of sp³-hybridized carbons (Fsp3) is 0.864. The Kier molecular flexibility index (Phi) is 15.2. The van der Waals surface area contributed by atoms with Crippen molar-refractivity contribution in [2.75, 3.05) is 52.2 Å². The molecule has 13 heteroatoms. The third-order valence-corrected chi connectivity index (χ3v) is 5.84. The van der Waals surface area contributed by atoms with Crippen LogP contribution in [0.25, 0.3) is 0 Å². The van der Waals surface area contributed by atoms with E-state index < -0.39 is 56.7 Å². The number of ether oxygens (including phenoxy) is 2. The molecule has 0 rings (SSSR count). The van der Waals surface area contributed by atoms with Gasteiger partial charge in [0.25, 0.3) is 0 Å². The van der Waals surface area contributed by atoms with Gasteiger partial charge in [-0.3, -0.25) is 19.6 Å². The van der Waals surface area contributed by atoms with Gasteiger partial charge in [0.1, 0.15) is 6.04 Å². The SMILES string of the molecule is COCCOCCNC(=O)[C@@H](NC(=O)[C@H](CC(C)C)[C@H](CNCS(C)(=O)=O)C(=O)NO)C(C)(C)C. The smallest absolute Gasteiger partial charge is 0.248 e. The lowest BCUT2D eigenvalue weighted by Crippen LogP contribution is -2.57. The van der Waals surface area contributed by atoms with Gasteiger partial charge in [-0.25, -0.2) is 13.9 Å². The Morgan fingerprint density at radius 1 is 0.971 bits per heavy atom. The zero-order valence-corrected chi connectivity index (χ0v) is 22.8. The van der Waals surface area contributed by atoms with E-state index in [2.05, 4.69) is 16.0 Å². The highest BCUT2D eigenvalue weighted by Crippen LogP contribution is 2.25. The molecule has 0 aromatic rings. The predicted molar refractivity (Wildman–Crippen MR) is 131 cm³/mol. The minimum atomic E-state index is -3.36. The van der Waals surface area contributed by atoms with E-state index in [9.17, 15) is 28.0 Å². The van der Waals surface area contributed by atoms with Gasteiger partial charge in [0.15, 0.2) is 9.84 Å². The van der Waals surface area contributed by atoms with Crippen LogP contribution in [-0.4, -0.2) is 89.5 Å². The normalized spacial score (nSPS) is 14.8. The zero-order valence-electron chi connectivity index (χ0n) is 22.0. The highest BCUT2D eigenvalue weighted by atomic mass is 32.2. The largest absolute Gasteiger partial charge is 0.382 e. The molecule has 0 aromatic heterocycles. The summed E-state index contributed by atoms with van der Waals surface area (Å²) in [5.74, 6) is -4.15. The molecule has 0 aromatic carbocycles. The van der Waals surface area contributed by atoms with Gasteiger partial charge in [0.2, 0.25) is 17.7 Å². The van der Waals surface area contributed by atoms with Crippen molar-refractivity contribution in [3.05, 3.63) is 0 Å². The van der Waals surface area contributed by atoms with Crippen molar-refractivity contribution in [3.63, 3.8) is 0 Å². The van der Waals surface area contributed by atoms with E-state index in [4.69, 9.17) is 9.47 Å². The second-order valence-corrected chi connectivity index (χ2v) is 12.2. The van der Waals surface area contributed by atoms with Crippen LogP contribution in [-0.2, 0) is 33.7 Å². The summed E-state index contributed by atoms with van der Waals surface area (Å²) >= 11 is 0. The molecule has 0 unspecified atom stereocenters. The summed E-state index contributed by atoms with van der Waals surface area (Å²) in [6.07, 6.45) is 1.31. The average molecular weight is 525 g/mol. The molecule has 3 amide bonds. The summed E-state index contributed by atoms with van der Waals surface area (Å²) in [7, 11) is -1.80. The van der Waals surface area contributed by atoms with Gasteiger partial charge in [0, 0.05) is 26.5 Å². The van der Waals surface area contributed by atoms with Crippen molar-refractivity contribution in [1.82, 2.24) is 21.4 Å². The van der Waals surface area contributed by atoms with Crippen LogP contribution in [0.5, 0.6) is 0 Å². The van der Waals surface area contributed by atoms with E-state index in [0.717, 1.165) is 6.26 Å². The van der Waals surface area contributed by atoms with Crippen molar-refractivity contribution in [2.24, 2.45) is 23.2 Å². The first kappa shape index (κ1) is 33.2. The first-order valence-corrected chi connectivity index (χ1v) is 13.7. The Hall–Kier alpha value is -1.80. The number of carbonyl (C=O) groups excluding carboxylic acids is 3. The number of amides is 3. The van der Waals surface area contributed by atoms with Crippen molar-refractivity contribution in [1.29, 1.82) is 0 Å². The number of hydrogen-bond donors (Lipinski definition) is 5. The lowest BCUT2D eigenvalue weighted by Gasteiger charge is -2.33. The van der Waals surface area contributed by atoms with Crippen LogP contribution < -0.4 is 21.4 Å². The maximum absolute atomic E-state index is 13.4. The maximum atomic E-state index is 13.4. The first-order chi connectivity index (χ1) is 16.1. The van der Waals surface area contributed by atoms with Crippen molar-refractivity contribution >= 4 is 27.6 Å². The van der Waals surface area contributed by atoms with Gasteiger partial charge in [-0.15, -0.1) is 0 Å². The van der Waals surface area contributed by atoms with Crippen LogP contribution in [0, 0.1) is 23.2 Å². The van der Waals surface area contributed by atoms with Crippen molar-refractivity contribution in [2.45, 2.75) is 47.1 Å². The summed E-state index contributed by atoms with van der Waals surface area (Å²) < 4.78 is 33.2. The lowest BCUT2D eigenvalue weighted by atomic mass is 9.81. The van der Waals surface area contributed by atoms with Crippen LogP contribution in [0.3, 0.4) is 0 Å². The summed E-state index contributed by atoms with van der Waals surface area (Å²) in [6.45, 7) is 10.3. The van der Waals surface area contributed by atoms with Gasteiger partial charge in [-0.05, 0) is 17.8 Å². The number of methoxy groups -OCH3 is 1. The van der Waals surface area contributed by atoms with Gasteiger partial charge >= 0.3 is 0 Å². The van der Waals surface area contributed by atoms with E-state index in [-0.39, 0.29) is 32.0 Å². The molecule has 0 radical (unpaired) electrons. The van der Waals surface area contributed by atoms with E-state index in [1.54, 1.807) is 33.4 Å². The Bertz CT molecular complexity index is 768. The fourth-order valence-electron chi connectivity index (χ4n) is 3.38. The van der Waals surface area contributed by atoms with Gasteiger partial charge in [-0.1, -0.05) is 34.6 Å². The Morgan fingerprint density at radius 2 is 1.60 bits per heavy atom. The molecular weight excluding hydrogens is 480 g/mol. The zero-order chi connectivity index (χ0) is 27.2. The fourth-order valence-corrected chi connectivity index (χ4v) is 3.87. The quantitative estimate of drug-likeness (QED) is 0.0970. The average Bonchev–Trinajstić information content (AvgIpc) is 2.73. The molecule has 0 heterocycles. The number of hydrogen-bond acceptors (Lipinski definition) is 9. The molecule has 0 aliphatic carbocycles. The van der Waals surface area contributed by atoms with Crippen LogP contribution in [0.4, 0.5) is 0 Å². The topological polar surface area (TPSA) is 172 Å². The predicted octanol–water partition coefficient (Wildman–Crippen LogP) is -0.328. The van der Waals surface area contributed by atoms with Crippen LogP contribution in [0.2, 0.25) is 0 Å². The highest BCUT2D eigenvalue weighted by molar-refractivity contribution is 7.90. The Balaban J connectivity index is 5.56. The maximum Gasteiger partial charge on any atom is 0.248 e. The molecule has 0 saturated heterocycles. The highest BCUT2D eigenvalue weighted by Gasteiger charge is 2.39. The van der Waals surface area contributed by atoms with E-state index in [1.165, 1.54) is 0 Å². The number of sulfone groups is 1. The van der Waals surface area contributed by atoms with Crippen molar-refractivity contribution in [3.8, 4) is 0 Å². The molecule has 0 aliphatic heterocycles. The Labute approximate surface area is 209 Å². The molecule has 0 saturated carbocycles. The standard InChI is InChI=1S/C22H44N4O8S/c1-15(2)12-16(17(20(28)26-30)13-23-14-35(7,31)32)19(27)25-18(22(3,4)5)21(29)24-8-9-34-11-10-33-6/h15-18,23,30H,8-14H2,1-7H3,(H,24,29)(H,25,27)(H,26,28)/t16-,17+,18-/m1/s1. The summed E-state index contributed by atoms with van der Waals surface area (Å²) in [6, 6.07) is -0.912. The molecule has 206 valence electrons. The summed E-state index contributed by atoms with van der Waals surface area (Å²) in [5, 5.41) is 17.4. The molecule has 0 fully saturated rings. The van der Waals surface area contributed by atoms with Crippen molar-refractivity contribution < 1.29 is 37.5 Å². The number of nitrogens with one attached hydrogen (secondary N) is 4. The van der Waals surface area contributed by atoms with E-state index >= 15 is 0 Å². The summed E-state index contributed by atoms with van der Waals surface area (Å²) in [5.41, 5.74) is 0.915. The lowest BCUT2D eigenvalue weighted by molar-refractivity contribution is -0.142. The van der Waals surface area contributed by atoms with Crippen LogP contribution in [0.1, 0.15) is 41.0 Å². The molecule has 12 nitrogen and oxygen atoms in total. The van der Waals surface area contributed by atoms with E-state index in [1.807, 2.05) is 13.8 Å². The molecular formula is C22H44N4O8S.